The lowest BCUT2D eigenvalue weighted by atomic mass is 10.1. The summed E-state index contributed by atoms with van der Waals surface area (Å²) in [5.41, 5.74) is 1.56. The lowest BCUT2D eigenvalue weighted by Crippen LogP contribution is -2.41. The van der Waals surface area contributed by atoms with Gasteiger partial charge in [0.15, 0.2) is 0 Å². The Hall–Kier alpha value is -1.53. The molecule has 0 aromatic heterocycles. The summed E-state index contributed by atoms with van der Waals surface area (Å²) < 4.78 is 0. The predicted octanol–water partition coefficient (Wildman–Crippen LogP) is 1.11. The van der Waals surface area contributed by atoms with E-state index in [4.69, 9.17) is 0 Å². The molecule has 1 atom stereocenters. The molecule has 0 saturated carbocycles. The first-order chi connectivity index (χ1) is 10.2. The van der Waals surface area contributed by atoms with Crippen LogP contribution in [0.4, 0.5) is 0 Å². The largest absolute Gasteiger partial charge is 0.352 e. The number of carbonyl (C=O) groups excluding carboxylic acids is 2. The Morgan fingerprint density at radius 2 is 2.24 bits per heavy atom. The van der Waals surface area contributed by atoms with Gasteiger partial charge >= 0.3 is 0 Å². The summed E-state index contributed by atoms with van der Waals surface area (Å²) in [6.07, 6.45) is 0.911. The number of carbonyl (C=O) groups is 2. The quantitative estimate of drug-likeness (QED) is 0.736. The fraction of sp³-hybridized carbons (Fsp3) is 0.467. The molecular weight excluding hydrogens is 286 g/mol. The number of hydrogen-bond acceptors (Lipinski definition) is 4. The van der Waals surface area contributed by atoms with E-state index in [0.29, 0.717) is 18.7 Å². The Kier molecular flexibility index (Phi) is 6.07. The molecule has 2 rings (SSSR count). The van der Waals surface area contributed by atoms with Gasteiger partial charge in [-0.3, -0.25) is 14.9 Å². The average Bonchev–Trinajstić information content (AvgIpc) is 3.05. The Morgan fingerprint density at radius 3 is 2.95 bits per heavy atom. The molecular formula is C15H21N3O2S. The van der Waals surface area contributed by atoms with Crippen LogP contribution >= 0.6 is 11.8 Å². The van der Waals surface area contributed by atoms with Gasteiger partial charge < -0.3 is 10.6 Å². The topological polar surface area (TPSA) is 70.2 Å². The maximum Gasteiger partial charge on any atom is 0.251 e. The van der Waals surface area contributed by atoms with Crippen LogP contribution in [0.3, 0.4) is 0 Å². The van der Waals surface area contributed by atoms with Gasteiger partial charge in [0.05, 0.1) is 6.04 Å². The van der Waals surface area contributed by atoms with E-state index >= 15 is 0 Å². The van der Waals surface area contributed by atoms with Crippen LogP contribution in [0.2, 0.25) is 0 Å². The van der Waals surface area contributed by atoms with Crippen molar-refractivity contribution in [1.29, 1.82) is 0 Å². The Morgan fingerprint density at radius 1 is 1.38 bits per heavy atom. The molecule has 6 heteroatoms. The summed E-state index contributed by atoms with van der Waals surface area (Å²) in [4.78, 5) is 23.8. The molecule has 1 aliphatic heterocycles. The molecule has 0 radical (unpaired) electrons. The number of amides is 2. The zero-order valence-electron chi connectivity index (χ0n) is 12.1. The van der Waals surface area contributed by atoms with Gasteiger partial charge in [-0.1, -0.05) is 19.1 Å². The molecule has 1 aliphatic rings. The summed E-state index contributed by atoms with van der Waals surface area (Å²) in [6, 6.07) is 7.25. The highest BCUT2D eigenvalue weighted by Gasteiger charge is 2.21. The van der Waals surface area contributed by atoms with Crippen LogP contribution in [-0.4, -0.2) is 36.0 Å². The number of thioether (sulfide) groups is 1. The highest BCUT2D eigenvalue weighted by Crippen LogP contribution is 2.10. The first-order valence-corrected chi connectivity index (χ1v) is 8.32. The molecule has 1 heterocycles. The number of benzene rings is 1. The monoisotopic (exact) mass is 307 g/mol. The van der Waals surface area contributed by atoms with Gasteiger partial charge in [-0.2, -0.15) is 0 Å². The Balaban J connectivity index is 1.88. The minimum Gasteiger partial charge on any atom is -0.352 e. The molecule has 21 heavy (non-hydrogen) atoms. The van der Waals surface area contributed by atoms with Crippen LogP contribution in [-0.2, 0) is 11.3 Å². The number of hydrogen-bond donors (Lipinski definition) is 3. The second-order valence-corrected chi connectivity index (χ2v) is 5.98. The normalized spacial score (nSPS) is 17.5. The van der Waals surface area contributed by atoms with Crippen LogP contribution in [0.1, 0.15) is 29.3 Å². The van der Waals surface area contributed by atoms with Crippen molar-refractivity contribution in [2.24, 2.45) is 0 Å². The first kappa shape index (κ1) is 15.9. The molecule has 0 aliphatic carbocycles. The standard InChI is InChI=1S/C15H21N3O2S/c1-2-6-16-14(19)12-5-3-4-11(7-12)8-17-15(20)13-9-21-10-18-13/h3-5,7,13,18H,2,6,8-10H2,1H3,(H,16,19)(H,17,20). The van der Waals surface area contributed by atoms with Crippen LogP contribution in [0.25, 0.3) is 0 Å². The highest BCUT2D eigenvalue weighted by molar-refractivity contribution is 7.99. The Labute approximate surface area is 129 Å². The fourth-order valence-corrected chi connectivity index (χ4v) is 2.98. The molecule has 1 aromatic carbocycles. The van der Waals surface area contributed by atoms with E-state index in [1.54, 1.807) is 17.8 Å². The third kappa shape index (κ3) is 4.75. The molecule has 0 bridgehead atoms. The van der Waals surface area contributed by atoms with E-state index in [9.17, 15) is 9.59 Å². The van der Waals surface area contributed by atoms with E-state index in [0.717, 1.165) is 23.6 Å². The van der Waals surface area contributed by atoms with Crippen molar-refractivity contribution in [3.8, 4) is 0 Å². The molecule has 114 valence electrons. The van der Waals surface area contributed by atoms with Crippen molar-refractivity contribution in [2.45, 2.75) is 25.9 Å². The molecule has 2 amide bonds. The van der Waals surface area contributed by atoms with Gasteiger partial charge in [0.1, 0.15) is 0 Å². The van der Waals surface area contributed by atoms with E-state index in [1.165, 1.54) is 0 Å². The van der Waals surface area contributed by atoms with Gasteiger partial charge in [-0.25, -0.2) is 0 Å². The van der Waals surface area contributed by atoms with E-state index < -0.39 is 0 Å². The zero-order valence-corrected chi connectivity index (χ0v) is 13.0. The van der Waals surface area contributed by atoms with Gasteiger partial charge in [-0.05, 0) is 24.1 Å². The maximum absolute atomic E-state index is 11.9. The van der Waals surface area contributed by atoms with Crippen LogP contribution in [0.5, 0.6) is 0 Å². The molecule has 1 unspecified atom stereocenters. The van der Waals surface area contributed by atoms with Crippen molar-refractivity contribution in [2.75, 3.05) is 18.2 Å². The van der Waals surface area contributed by atoms with Crippen molar-refractivity contribution in [1.82, 2.24) is 16.0 Å². The van der Waals surface area contributed by atoms with Gasteiger partial charge in [0, 0.05) is 30.3 Å². The average molecular weight is 307 g/mol. The summed E-state index contributed by atoms with van der Waals surface area (Å²) in [6.45, 7) is 3.13. The minimum atomic E-state index is -0.106. The van der Waals surface area contributed by atoms with Gasteiger partial charge in [-0.15, -0.1) is 11.8 Å². The third-order valence-corrected chi connectivity index (χ3v) is 4.16. The van der Waals surface area contributed by atoms with Crippen molar-refractivity contribution in [3.05, 3.63) is 35.4 Å². The molecule has 1 aromatic rings. The molecule has 3 N–H and O–H groups in total. The van der Waals surface area contributed by atoms with Crippen molar-refractivity contribution < 1.29 is 9.59 Å². The molecule has 1 fully saturated rings. The van der Waals surface area contributed by atoms with Crippen LogP contribution in [0, 0.1) is 0 Å². The van der Waals surface area contributed by atoms with E-state index in [2.05, 4.69) is 16.0 Å². The predicted molar refractivity (Wildman–Crippen MR) is 85.2 cm³/mol. The zero-order chi connectivity index (χ0) is 15.1. The molecule has 0 spiro atoms. The first-order valence-electron chi connectivity index (χ1n) is 7.16. The van der Waals surface area contributed by atoms with Gasteiger partial charge in [0.2, 0.25) is 5.91 Å². The van der Waals surface area contributed by atoms with Crippen LogP contribution in [0.15, 0.2) is 24.3 Å². The van der Waals surface area contributed by atoms with E-state index in [1.807, 2.05) is 25.1 Å². The minimum absolute atomic E-state index is 0.0147. The summed E-state index contributed by atoms with van der Waals surface area (Å²) >= 11 is 1.72. The van der Waals surface area contributed by atoms with E-state index in [-0.39, 0.29) is 17.9 Å². The fourth-order valence-electron chi connectivity index (χ4n) is 2.04. The second kappa shape index (κ2) is 8.05. The number of rotatable bonds is 6. The lowest BCUT2D eigenvalue weighted by molar-refractivity contribution is -0.122. The summed E-state index contributed by atoms with van der Waals surface area (Å²) in [5, 5.41) is 8.88. The maximum atomic E-state index is 11.9. The lowest BCUT2D eigenvalue weighted by Gasteiger charge is -2.11. The highest BCUT2D eigenvalue weighted by atomic mass is 32.2. The summed E-state index contributed by atoms with van der Waals surface area (Å²) in [7, 11) is 0. The smallest absolute Gasteiger partial charge is 0.251 e. The summed E-state index contributed by atoms with van der Waals surface area (Å²) in [5.74, 6) is 1.58. The molecule has 5 nitrogen and oxygen atoms in total. The SMILES string of the molecule is CCCNC(=O)c1cccc(CNC(=O)C2CSCN2)c1. The second-order valence-electron chi connectivity index (χ2n) is 4.95. The van der Waals surface area contributed by atoms with Crippen LogP contribution < -0.4 is 16.0 Å². The van der Waals surface area contributed by atoms with Gasteiger partial charge in [0.25, 0.3) is 5.91 Å². The van der Waals surface area contributed by atoms with Crippen molar-refractivity contribution in [3.63, 3.8) is 0 Å². The van der Waals surface area contributed by atoms with Crippen molar-refractivity contribution >= 4 is 23.6 Å². The number of nitrogens with one attached hydrogen (secondary N) is 3. The third-order valence-electron chi connectivity index (χ3n) is 3.22. The Bertz CT molecular complexity index is 501. The molecule has 1 saturated heterocycles.